The van der Waals surface area contributed by atoms with Gasteiger partial charge in [0.2, 0.25) is 0 Å². The van der Waals surface area contributed by atoms with Gasteiger partial charge in [-0.3, -0.25) is 4.79 Å². The van der Waals surface area contributed by atoms with Crippen molar-refractivity contribution in [2.75, 3.05) is 0 Å². The fourth-order valence-electron chi connectivity index (χ4n) is 1.58. The SMILES string of the molecule is CC(C#N)c1ccc(-c2ccc(C=O)o2)cc1. The first-order valence-corrected chi connectivity index (χ1v) is 5.29. The van der Waals surface area contributed by atoms with Crippen LogP contribution in [0.3, 0.4) is 0 Å². The maximum Gasteiger partial charge on any atom is 0.185 e. The zero-order chi connectivity index (χ0) is 12.3. The Morgan fingerprint density at radius 1 is 1.24 bits per heavy atom. The van der Waals surface area contributed by atoms with Crippen molar-refractivity contribution in [1.29, 1.82) is 5.26 Å². The van der Waals surface area contributed by atoms with Crippen LogP contribution in [0.5, 0.6) is 0 Å². The molecule has 0 aliphatic carbocycles. The molecule has 1 atom stereocenters. The molecular weight excluding hydrogens is 214 g/mol. The van der Waals surface area contributed by atoms with Crippen LogP contribution in [-0.2, 0) is 0 Å². The highest BCUT2D eigenvalue weighted by Gasteiger charge is 2.06. The highest BCUT2D eigenvalue weighted by atomic mass is 16.3. The molecule has 0 saturated carbocycles. The maximum absolute atomic E-state index is 10.5. The molecule has 1 unspecified atom stereocenters. The molecule has 2 aromatic rings. The minimum absolute atomic E-state index is 0.119. The summed E-state index contributed by atoms with van der Waals surface area (Å²) in [5.41, 5.74) is 1.87. The molecule has 84 valence electrons. The van der Waals surface area contributed by atoms with Crippen LogP contribution in [-0.4, -0.2) is 6.29 Å². The molecule has 0 N–H and O–H groups in total. The molecule has 0 saturated heterocycles. The number of rotatable bonds is 3. The molecule has 3 heteroatoms. The second kappa shape index (κ2) is 4.67. The van der Waals surface area contributed by atoms with E-state index in [1.165, 1.54) is 0 Å². The van der Waals surface area contributed by atoms with E-state index in [1.54, 1.807) is 12.1 Å². The smallest absolute Gasteiger partial charge is 0.185 e. The van der Waals surface area contributed by atoms with Gasteiger partial charge in [0.15, 0.2) is 12.0 Å². The van der Waals surface area contributed by atoms with Gasteiger partial charge in [-0.1, -0.05) is 24.3 Å². The summed E-state index contributed by atoms with van der Waals surface area (Å²) in [6.45, 7) is 1.85. The summed E-state index contributed by atoms with van der Waals surface area (Å²) in [6, 6.07) is 13.1. The first kappa shape index (κ1) is 11.2. The van der Waals surface area contributed by atoms with Gasteiger partial charge in [-0.15, -0.1) is 0 Å². The highest BCUT2D eigenvalue weighted by Crippen LogP contribution is 2.24. The van der Waals surface area contributed by atoms with Gasteiger partial charge < -0.3 is 4.42 Å². The first-order chi connectivity index (χ1) is 8.24. The molecule has 2 rings (SSSR count). The highest BCUT2D eigenvalue weighted by molar-refractivity contribution is 5.72. The van der Waals surface area contributed by atoms with Crippen LogP contribution in [0.15, 0.2) is 40.8 Å². The monoisotopic (exact) mass is 225 g/mol. The van der Waals surface area contributed by atoms with E-state index in [9.17, 15) is 4.79 Å². The summed E-state index contributed by atoms with van der Waals surface area (Å²) in [4.78, 5) is 10.5. The lowest BCUT2D eigenvalue weighted by atomic mass is 10.0. The van der Waals surface area contributed by atoms with Crippen LogP contribution in [0.25, 0.3) is 11.3 Å². The van der Waals surface area contributed by atoms with Crippen LogP contribution in [0.1, 0.15) is 29.0 Å². The van der Waals surface area contributed by atoms with Crippen LogP contribution in [0.4, 0.5) is 0 Å². The van der Waals surface area contributed by atoms with Crippen LogP contribution in [0.2, 0.25) is 0 Å². The summed E-state index contributed by atoms with van der Waals surface area (Å²) in [7, 11) is 0. The van der Waals surface area contributed by atoms with Gasteiger partial charge in [-0.25, -0.2) is 0 Å². The van der Waals surface area contributed by atoms with Gasteiger partial charge in [-0.05, 0) is 24.6 Å². The summed E-state index contributed by atoms with van der Waals surface area (Å²) in [6.07, 6.45) is 0.676. The lowest BCUT2D eigenvalue weighted by molar-refractivity contribution is 0.110. The van der Waals surface area contributed by atoms with E-state index in [0.29, 0.717) is 17.8 Å². The van der Waals surface area contributed by atoms with Crippen molar-refractivity contribution in [2.24, 2.45) is 0 Å². The first-order valence-electron chi connectivity index (χ1n) is 5.29. The Labute approximate surface area is 99.3 Å². The minimum Gasteiger partial charge on any atom is -0.453 e. The molecule has 1 heterocycles. The lowest BCUT2D eigenvalue weighted by Crippen LogP contribution is -1.88. The van der Waals surface area contributed by atoms with Gasteiger partial charge in [0.25, 0.3) is 0 Å². The fourth-order valence-corrected chi connectivity index (χ4v) is 1.58. The van der Waals surface area contributed by atoms with Gasteiger partial charge in [0.1, 0.15) is 5.76 Å². The Morgan fingerprint density at radius 2 is 1.94 bits per heavy atom. The summed E-state index contributed by atoms with van der Waals surface area (Å²) in [5, 5.41) is 8.80. The number of nitrogens with zero attached hydrogens (tertiary/aromatic N) is 1. The third-order valence-corrected chi connectivity index (χ3v) is 2.63. The summed E-state index contributed by atoms with van der Waals surface area (Å²) < 4.78 is 5.31. The van der Waals surface area contributed by atoms with Crippen LogP contribution in [0, 0.1) is 11.3 Å². The molecule has 1 aromatic heterocycles. The number of carbonyl (C=O) groups is 1. The number of nitriles is 1. The van der Waals surface area contributed by atoms with Gasteiger partial charge in [0.05, 0.1) is 12.0 Å². The lowest BCUT2D eigenvalue weighted by Gasteiger charge is -2.03. The van der Waals surface area contributed by atoms with Crippen molar-refractivity contribution < 1.29 is 9.21 Å². The van der Waals surface area contributed by atoms with E-state index in [1.807, 2.05) is 31.2 Å². The summed E-state index contributed by atoms with van der Waals surface area (Å²) in [5.74, 6) is 0.851. The number of aldehydes is 1. The van der Waals surface area contributed by atoms with E-state index >= 15 is 0 Å². The summed E-state index contributed by atoms with van der Waals surface area (Å²) >= 11 is 0. The average Bonchev–Trinajstić information content (AvgIpc) is 2.87. The Morgan fingerprint density at radius 3 is 2.47 bits per heavy atom. The molecule has 0 bridgehead atoms. The Balaban J connectivity index is 2.29. The largest absolute Gasteiger partial charge is 0.453 e. The number of hydrogen-bond acceptors (Lipinski definition) is 3. The molecule has 1 aromatic carbocycles. The van der Waals surface area contributed by atoms with E-state index < -0.39 is 0 Å². The van der Waals surface area contributed by atoms with Gasteiger partial charge in [-0.2, -0.15) is 5.26 Å². The normalized spacial score (nSPS) is 11.8. The average molecular weight is 225 g/mol. The predicted molar refractivity (Wildman–Crippen MR) is 63.6 cm³/mol. The topological polar surface area (TPSA) is 54.0 Å². The maximum atomic E-state index is 10.5. The molecule has 0 fully saturated rings. The molecule has 0 amide bonds. The minimum atomic E-state index is -0.119. The van der Waals surface area contributed by atoms with Gasteiger partial charge in [0, 0.05) is 5.56 Å². The van der Waals surface area contributed by atoms with Crippen molar-refractivity contribution in [3.05, 3.63) is 47.7 Å². The van der Waals surface area contributed by atoms with Crippen molar-refractivity contribution in [3.8, 4) is 17.4 Å². The van der Waals surface area contributed by atoms with Crippen molar-refractivity contribution in [1.82, 2.24) is 0 Å². The van der Waals surface area contributed by atoms with E-state index in [4.69, 9.17) is 9.68 Å². The number of hydrogen-bond donors (Lipinski definition) is 0. The Kier molecular flexibility index (Phi) is 3.06. The standard InChI is InChI=1S/C14H11NO2/c1-10(8-15)11-2-4-12(5-3-11)14-7-6-13(9-16)17-14/h2-7,9-10H,1H3. The predicted octanol–water partition coefficient (Wildman–Crippen LogP) is 3.39. The van der Waals surface area contributed by atoms with E-state index in [-0.39, 0.29) is 5.92 Å². The molecule has 0 spiro atoms. The van der Waals surface area contributed by atoms with Gasteiger partial charge >= 0.3 is 0 Å². The number of carbonyl (C=O) groups excluding carboxylic acids is 1. The Bertz CT molecular complexity index is 561. The second-order valence-corrected chi connectivity index (χ2v) is 3.79. The fraction of sp³-hybridized carbons (Fsp3) is 0.143. The van der Waals surface area contributed by atoms with Crippen molar-refractivity contribution >= 4 is 6.29 Å². The van der Waals surface area contributed by atoms with E-state index in [2.05, 4.69) is 6.07 Å². The number of furan rings is 1. The van der Waals surface area contributed by atoms with Crippen molar-refractivity contribution in [2.45, 2.75) is 12.8 Å². The van der Waals surface area contributed by atoms with Crippen molar-refractivity contribution in [3.63, 3.8) is 0 Å². The molecule has 3 nitrogen and oxygen atoms in total. The van der Waals surface area contributed by atoms with E-state index in [0.717, 1.165) is 11.1 Å². The third kappa shape index (κ3) is 2.26. The zero-order valence-electron chi connectivity index (χ0n) is 9.38. The molecule has 17 heavy (non-hydrogen) atoms. The second-order valence-electron chi connectivity index (χ2n) is 3.79. The Hall–Kier alpha value is -2.34. The molecule has 0 radical (unpaired) electrons. The molecule has 0 aliphatic heterocycles. The molecular formula is C14H11NO2. The quantitative estimate of drug-likeness (QED) is 0.752. The van der Waals surface area contributed by atoms with Crippen LogP contribution < -0.4 is 0 Å². The zero-order valence-corrected chi connectivity index (χ0v) is 9.38. The third-order valence-electron chi connectivity index (χ3n) is 2.63. The number of benzene rings is 1. The molecule has 0 aliphatic rings. The van der Waals surface area contributed by atoms with Crippen LogP contribution >= 0.6 is 0 Å².